The molecule has 28 heavy (non-hydrogen) atoms. The van der Waals surface area contributed by atoms with E-state index in [2.05, 4.69) is 64.1 Å². The van der Waals surface area contributed by atoms with Gasteiger partial charge in [-0.15, -0.1) is 10.2 Å². The zero-order valence-corrected chi connectivity index (χ0v) is 17.8. The highest BCUT2D eigenvalue weighted by Crippen LogP contribution is 2.24. The summed E-state index contributed by atoms with van der Waals surface area (Å²) in [4.78, 5) is 0. The summed E-state index contributed by atoms with van der Waals surface area (Å²) in [7, 11) is 0. The molecule has 0 aliphatic heterocycles. The molecule has 1 heterocycles. The first kappa shape index (κ1) is 20.1. The number of halogens is 1. The summed E-state index contributed by atoms with van der Waals surface area (Å²) in [5, 5.41) is 11.7. The van der Waals surface area contributed by atoms with Gasteiger partial charge in [-0.25, -0.2) is 4.68 Å². The van der Waals surface area contributed by atoms with Gasteiger partial charge in [0.25, 0.3) is 0 Å². The number of benzene rings is 2. The zero-order chi connectivity index (χ0) is 20.0. The van der Waals surface area contributed by atoms with Gasteiger partial charge >= 0.3 is 0 Å². The van der Waals surface area contributed by atoms with Gasteiger partial charge in [0.2, 0.25) is 0 Å². The van der Waals surface area contributed by atoms with E-state index >= 15 is 0 Å². The Kier molecular flexibility index (Phi) is 6.46. The van der Waals surface area contributed by atoms with Crippen LogP contribution in [0.15, 0.2) is 64.7 Å². The van der Waals surface area contributed by atoms with Crippen LogP contribution in [0.4, 0.5) is 0 Å². The predicted octanol–water partition coefficient (Wildman–Crippen LogP) is 4.68. The van der Waals surface area contributed by atoms with Crippen LogP contribution in [0.3, 0.4) is 0 Å². The maximum absolute atomic E-state index is 5.88. The van der Waals surface area contributed by atoms with Gasteiger partial charge in [-0.3, -0.25) is 0 Å². The number of ether oxygens (including phenoxy) is 2. The summed E-state index contributed by atoms with van der Waals surface area (Å²) in [5.41, 5.74) is 2.26. The Morgan fingerprint density at radius 2 is 1.68 bits per heavy atom. The zero-order valence-electron chi connectivity index (χ0n) is 16.2. The molecule has 1 aromatic heterocycles. The molecule has 0 saturated heterocycles. The standard InChI is InChI=1S/C21H23BrN4O2/c1-21(2,3)17-4-7-19(8-5-17)27-10-11-28-20-9-6-18(22)12-16(20)13-25-26-14-23-24-15-26/h4-9,12-15H,10-11H2,1-3H3/b25-13+. The van der Waals surface area contributed by atoms with Crippen LogP contribution in [0.25, 0.3) is 0 Å². The lowest BCUT2D eigenvalue weighted by atomic mass is 9.87. The average Bonchev–Trinajstić information content (AvgIpc) is 3.18. The Balaban J connectivity index is 1.56. The molecule has 0 unspecified atom stereocenters. The smallest absolute Gasteiger partial charge is 0.141 e. The van der Waals surface area contributed by atoms with Crippen molar-refractivity contribution in [2.45, 2.75) is 26.2 Å². The van der Waals surface area contributed by atoms with Crippen molar-refractivity contribution in [1.82, 2.24) is 14.9 Å². The van der Waals surface area contributed by atoms with Crippen LogP contribution < -0.4 is 9.47 Å². The molecule has 0 N–H and O–H groups in total. The van der Waals surface area contributed by atoms with Crippen LogP contribution >= 0.6 is 15.9 Å². The maximum Gasteiger partial charge on any atom is 0.141 e. The molecule has 3 rings (SSSR count). The van der Waals surface area contributed by atoms with Crippen molar-refractivity contribution < 1.29 is 9.47 Å². The molecule has 0 saturated carbocycles. The summed E-state index contributed by atoms with van der Waals surface area (Å²) in [6.07, 6.45) is 4.75. The molecule has 146 valence electrons. The Morgan fingerprint density at radius 3 is 2.36 bits per heavy atom. The fraction of sp³-hybridized carbons (Fsp3) is 0.286. The molecule has 0 amide bonds. The van der Waals surface area contributed by atoms with E-state index in [1.807, 2.05) is 30.3 Å². The van der Waals surface area contributed by atoms with Crippen molar-refractivity contribution in [3.05, 3.63) is 70.7 Å². The minimum absolute atomic E-state index is 0.133. The molecule has 6 nitrogen and oxygen atoms in total. The molecule has 0 bridgehead atoms. The van der Waals surface area contributed by atoms with E-state index in [0.29, 0.717) is 13.2 Å². The Morgan fingerprint density at radius 1 is 1.00 bits per heavy atom. The third kappa shape index (κ3) is 5.66. The van der Waals surface area contributed by atoms with Gasteiger partial charge in [0.05, 0.1) is 6.21 Å². The topological polar surface area (TPSA) is 61.5 Å². The van der Waals surface area contributed by atoms with Crippen LogP contribution in [0, 0.1) is 0 Å². The third-order valence-corrected chi connectivity index (χ3v) is 4.53. The van der Waals surface area contributed by atoms with E-state index in [9.17, 15) is 0 Å². The van der Waals surface area contributed by atoms with Crippen LogP contribution in [-0.2, 0) is 5.41 Å². The van der Waals surface area contributed by atoms with Crippen molar-refractivity contribution in [2.24, 2.45) is 5.10 Å². The van der Waals surface area contributed by atoms with Crippen LogP contribution in [0.5, 0.6) is 11.5 Å². The van der Waals surface area contributed by atoms with E-state index in [1.165, 1.54) is 22.9 Å². The highest BCUT2D eigenvalue weighted by molar-refractivity contribution is 9.10. The Labute approximate surface area is 173 Å². The second-order valence-corrected chi connectivity index (χ2v) is 8.16. The summed E-state index contributed by atoms with van der Waals surface area (Å²) < 4.78 is 14.1. The number of hydrogen-bond donors (Lipinski definition) is 0. The molecule has 3 aromatic rings. The van der Waals surface area contributed by atoms with Gasteiger partial charge in [-0.1, -0.05) is 48.8 Å². The minimum Gasteiger partial charge on any atom is -0.490 e. The number of hydrogen-bond acceptors (Lipinski definition) is 5. The Bertz CT molecular complexity index is 917. The van der Waals surface area contributed by atoms with E-state index in [0.717, 1.165) is 21.5 Å². The van der Waals surface area contributed by atoms with Crippen molar-refractivity contribution in [1.29, 1.82) is 0 Å². The molecule has 0 aliphatic carbocycles. The first-order valence-corrected chi connectivity index (χ1v) is 9.76. The number of rotatable bonds is 7. The predicted molar refractivity (Wildman–Crippen MR) is 113 cm³/mol. The largest absolute Gasteiger partial charge is 0.490 e. The van der Waals surface area contributed by atoms with E-state index in [-0.39, 0.29) is 5.41 Å². The van der Waals surface area contributed by atoms with Gasteiger partial charge in [0, 0.05) is 10.0 Å². The fourth-order valence-electron chi connectivity index (χ4n) is 2.50. The monoisotopic (exact) mass is 442 g/mol. The second kappa shape index (κ2) is 9.01. The maximum atomic E-state index is 5.88. The molecule has 0 atom stereocenters. The third-order valence-electron chi connectivity index (χ3n) is 4.04. The van der Waals surface area contributed by atoms with Gasteiger partial charge in [-0.05, 0) is 41.3 Å². The lowest BCUT2D eigenvalue weighted by Gasteiger charge is -2.19. The average molecular weight is 443 g/mol. The van der Waals surface area contributed by atoms with E-state index < -0.39 is 0 Å². The molecule has 0 radical (unpaired) electrons. The molecule has 7 heteroatoms. The Hall–Kier alpha value is -2.67. The first-order valence-electron chi connectivity index (χ1n) is 8.96. The lowest BCUT2D eigenvalue weighted by molar-refractivity contribution is 0.217. The van der Waals surface area contributed by atoms with Crippen molar-refractivity contribution >= 4 is 22.1 Å². The second-order valence-electron chi connectivity index (χ2n) is 7.24. The van der Waals surface area contributed by atoms with Crippen molar-refractivity contribution in [3.63, 3.8) is 0 Å². The minimum atomic E-state index is 0.133. The molecule has 0 spiro atoms. The molecule has 0 aliphatic rings. The highest BCUT2D eigenvalue weighted by atomic mass is 79.9. The van der Waals surface area contributed by atoms with Crippen LogP contribution in [0.2, 0.25) is 0 Å². The molecular weight excluding hydrogens is 420 g/mol. The summed E-state index contributed by atoms with van der Waals surface area (Å²) in [5.74, 6) is 1.56. The highest BCUT2D eigenvalue weighted by Gasteiger charge is 2.13. The quantitative estimate of drug-likeness (QED) is 0.393. The summed E-state index contributed by atoms with van der Waals surface area (Å²) >= 11 is 3.47. The van der Waals surface area contributed by atoms with Crippen molar-refractivity contribution in [3.8, 4) is 11.5 Å². The van der Waals surface area contributed by atoms with Crippen LogP contribution in [0.1, 0.15) is 31.9 Å². The van der Waals surface area contributed by atoms with E-state index in [4.69, 9.17) is 9.47 Å². The van der Waals surface area contributed by atoms with E-state index in [1.54, 1.807) is 6.21 Å². The summed E-state index contributed by atoms with van der Waals surface area (Å²) in [6.45, 7) is 7.46. The SMILES string of the molecule is CC(C)(C)c1ccc(OCCOc2ccc(Br)cc2/C=N/n2cnnc2)cc1. The number of nitrogens with zero attached hydrogens (tertiary/aromatic N) is 4. The summed E-state index contributed by atoms with van der Waals surface area (Å²) in [6, 6.07) is 14.0. The van der Waals surface area contributed by atoms with Gasteiger partial charge in [-0.2, -0.15) is 5.10 Å². The fourth-order valence-corrected chi connectivity index (χ4v) is 2.88. The van der Waals surface area contributed by atoms with Gasteiger partial charge < -0.3 is 9.47 Å². The van der Waals surface area contributed by atoms with Gasteiger partial charge in [0.1, 0.15) is 37.4 Å². The normalized spacial score (nSPS) is 11.7. The van der Waals surface area contributed by atoms with Crippen LogP contribution in [-0.4, -0.2) is 34.3 Å². The lowest BCUT2D eigenvalue weighted by Crippen LogP contribution is -2.12. The molecule has 0 fully saturated rings. The number of aromatic nitrogens is 3. The molecule has 2 aromatic carbocycles. The molecular formula is C21H23BrN4O2. The first-order chi connectivity index (χ1) is 13.4. The van der Waals surface area contributed by atoms with Gasteiger partial charge in [0.15, 0.2) is 0 Å². The van der Waals surface area contributed by atoms with Crippen molar-refractivity contribution in [2.75, 3.05) is 13.2 Å².